The Morgan fingerprint density at radius 2 is 1.48 bits per heavy atom. The van der Waals surface area contributed by atoms with E-state index in [1.54, 1.807) is 0 Å². The number of rotatable bonds is 5. The topological polar surface area (TPSA) is 49.9 Å². The SMILES string of the molecule is CC(C)(C)C(=O)N1CCCN(C(=O)CCCOc2ccc(C(C)(C)C)cc2)CC1. The van der Waals surface area contributed by atoms with Crippen molar-refractivity contribution in [2.75, 3.05) is 32.8 Å². The van der Waals surface area contributed by atoms with Gasteiger partial charge in [-0.05, 0) is 36.0 Å². The lowest BCUT2D eigenvalue weighted by atomic mass is 9.87. The van der Waals surface area contributed by atoms with Gasteiger partial charge in [0.1, 0.15) is 5.75 Å². The van der Waals surface area contributed by atoms with Gasteiger partial charge in [0.15, 0.2) is 0 Å². The van der Waals surface area contributed by atoms with Crippen molar-refractivity contribution in [1.82, 2.24) is 9.80 Å². The first-order valence-electron chi connectivity index (χ1n) is 10.8. The molecule has 5 nitrogen and oxygen atoms in total. The third-order valence-electron chi connectivity index (χ3n) is 5.30. The van der Waals surface area contributed by atoms with E-state index < -0.39 is 0 Å². The highest BCUT2D eigenvalue weighted by Gasteiger charge is 2.29. The second-order valence-corrected chi connectivity index (χ2v) is 10.0. The molecule has 1 heterocycles. The normalized spacial score (nSPS) is 15.8. The van der Waals surface area contributed by atoms with E-state index in [-0.39, 0.29) is 22.6 Å². The number of hydrogen-bond acceptors (Lipinski definition) is 3. The molecule has 0 saturated carbocycles. The summed E-state index contributed by atoms with van der Waals surface area (Å²) in [5, 5.41) is 0. The number of nitrogens with zero attached hydrogens (tertiary/aromatic N) is 2. The lowest BCUT2D eigenvalue weighted by Gasteiger charge is -2.28. The van der Waals surface area contributed by atoms with Gasteiger partial charge in [0, 0.05) is 38.0 Å². The molecule has 1 saturated heterocycles. The third-order valence-corrected chi connectivity index (χ3v) is 5.30. The number of carbonyl (C=O) groups is 2. The molecule has 0 spiro atoms. The quantitative estimate of drug-likeness (QED) is 0.692. The van der Waals surface area contributed by atoms with E-state index in [0.29, 0.717) is 32.5 Å². The van der Waals surface area contributed by atoms with Gasteiger partial charge in [-0.2, -0.15) is 0 Å². The van der Waals surface area contributed by atoms with Crippen molar-refractivity contribution >= 4 is 11.8 Å². The van der Waals surface area contributed by atoms with Crippen molar-refractivity contribution in [1.29, 1.82) is 0 Å². The average molecular weight is 403 g/mol. The van der Waals surface area contributed by atoms with Crippen LogP contribution in [0.5, 0.6) is 5.75 Å². The van der Waals surface area contributed by atoms with Crippen molar-refractivity contribution in [2.45, 2.75) is 66.2 Å². The first kappa shape index (κ1) is 23.2. The van der Waals surface area contributed by atoms with Crippen LogP contribution >= 0.6 is 0 Å². The van der Waals surface area contributed by atoms with Gasteiger partial charge in [0.25, 0.3) is 0 Å². The molecular formula is C24H38N2O3. The third kappa shape index (κ3) is 7.06. The number of benzene rings is 1. The summed E-state index contributed by atoms with van der Waals surface area (Å²) in [6.45, 7) is 15.6. The first-order valence-corrected chi connectivity index (χ1v) is 10.8. The second kappa shape index (κ2) is 9.64. The number of ether oxygens (including phenoxy) is 1. The molecule has 0 bridgehead atoms. The van der Waals surface area contributed by atoms with Crippen molar-refractivity contribution in [3.63, 3.8) is 0 Å². The molecule has 0 N–H and O–H groups in total. The van der Waals surface area contributed by atoms with Gasteiger partial charge in [0.05, 0.1) is 6.61 Å². The Kier molecular flexibility index (Phi) is 7.73. The Bertz CT molecular complexity index is 684. The highest BCUT2D eigenvalue weighted by Crippen LogP contribution is 2.24. The summed E-state index contributed by atoms with van der Waals surface area (Å²) in [5.41, 5.74) is 1.03. The molecule has 1 fully saturated rings. The Balaban J connectivity index is 1.73. The van der Waals surface area contributed by atoms with Crippen LogP contribution in [-0.4, -0.2) is 54.4 Å². The predicted molar refractivity (Wildman–Crippen MR) is 117 cm³/mol. The summed E-state index contributed by atoms with van der Waals surface area (Å²) in [6.07, 6.45) is 2.01. The number of hydrogen-bond donors (Lipinski definition) is 0. The van der Waals surface area contributed by atoms with Crippen molar-refractivity contribution in [2.24, 2.45) is 5.41 Å². The minimum Gasteiger partial charge on any atom is -0.494 e. The van der Waals surface area contributed by atoms with Crippen LogP contribution in [-0.2, 0) is 15.0 Å². The zero-order valence-corrected chi connectivity index (χ0v) is 19.1. The van der Waals surface area contributed by atoms with Crippen LogP contribution in [0.3, 0.4) is 0 Å². The van der Waals surface area contributed by atoms with Crippen LogP contribution in [0.1, 0.15) is 66.4 Å². The second-order valence-electron chi connectivity index (χ2n) is 10.0. The van der Waals surface area contributed by atoms with Crippen LogP contribution < -0.4 is 4.74 Å². The van der Waals surface area contributed by atoms with Gasteiger partial charge < -0.3 is 14.5 Å². The van der Waals surface area contributed by atoms with Crippen molar-refractivity contribution < 1.29 is 14.3 Å². The van der Waals surface area contributed by atoms with Gasteiger partial charge >= 0.3 is 0 Å². The molecule has 2 rings (SSSR count). The average Bonchev–Trinajstić information content (AvgIpc) is 2.89. The highest BCUT2D eigenvalue weighted by atomic mass is 16.5. The maximum Gasteiger partial charge on any atom is 0.228 e. The summed E-state index contributed by atoms with van der Waals surface area (Å²) in [7, 11) is 0. The van der Waals surface area contributed by atoms with Gasteiger partial charge in [-0.1, -0.05) is 53.7 Å². The first-order chi connectivity index (χ1) is 13.5. The molecule has 1 aromatic rings. The van der Waals surface area contributed by atoms with E-state index in [0.717, 1.165) is 25.3 Å². The Morgan fingerprint density at radius 1 is 0.897 bits per heavy atom. The summed E-state index contributed by atoms with van der Waals surface area (Å²) < 4.78 is 5.80. The van der Waals surface area contributed by atoms with E-state index in [9.17, 15) is 9.59 Å². The van der Waals surface area contributed by atoms with Gasteiger partial charge in [-0.15, -0.1) is 0 Å². The zero-order chi connectivity index (χ0) is 21.7. The molecule has 0 aromatic heterocycles. The van der Waals surface area contributed by atoms with Crippen LogP contribution in [0.15, 0.2) is 24.3 Å². The Morgan fingerprint density at radius 3 is 2.07 bits per heavy atom. The molecule has 29 heavy (non-hydrogen) atoms. The smallest absolute Gasteiger partial charge is 0.228 e. The van der Waals surface area contributed by atoms with Gasteiger partial charge in [-0.3, -0.25) is 9.59 Å². The lowest BCUT2D eigenvalue weighted by Crippen LogP contribution is -2.42. The van der Waals surface area contributed by atoms with E-state index >= 15 is 0 Å². The fraction of sp³-hybridized carbons (Fsp3) is 0.667. The van der Waals surface area contributed by atoms with E-state index in [2.05, 4.69) is 32.9 Å². The van der Waals surface area contributed by atoms with E-state index in [1.165, 1.54) is 5.56 Å². The predicted octanol–water partition coefficient (Wildman–Crippen LogP) is 4.25. The summed E-state index contributed by atoms with van der Waals surface area (Å²) in [5.74, 6) is 1.16. The molecule has 0 atom stereocenters. The lowest BCUT2D eigenvalue weighted by molar-refractivity contribution is -0.140. The molecule has 1 aliphatic rings. The standard InChI is InChI=1S/C24H38N2O3/c1-23(2,3)19-10-12-20(13-11-19)29-18-7-9-21(27)25-14-8-15-26(17-16-25)22(28)24(4,5)6/h10-13H,7-9,14-18H2,1-6H3. The zero-order valence-electron chi connectivity index (χ0n) is 19.1. The molecule has 1 aromatic carbocycles. The van der Waals surface area contributed by atoms with E-state index in [1.807, 2.05) is 42.7 Å². The van der Waals surface area contributed by atoms with Crippen LogP contribution in [0.25, 0.3) is 0 Å². The van der Waals surface area contributed by atoms with Gasteiger partial charge in [-0.25, -0.2) is 0 Å². The van der Waals surface area contributed by atoms with Crippen molar-refractivity contribution in [3.05, 3.63) is 29.8 Å². The fourth-order valence-corrected chi connectivity index (χ4v) is 3.47. The monoisotopic (exact) mass is 402 g/mol. The minimum absolute atomic E-state index is 0.130. The molecule has 0 aliphatic carbocycles. The van der Waals surface area contributed by atoms with E-state index in [4.69, 9.17) is 4.74 Å². The fourth-order valence-electron chi connectivity index (χ4n) is 3.47. The van der Waals surface area contributed by atoms with Crippen LogP contribution in [0, 0.1) is 5.41 Å². The molecule has 5 heteroatoms. The van der Waals surface area contributed by atoms with Crippen molar-refractivity contribution in [3.8, 4) is 5.75 Å². The summed E-state index contributed by atoms with van der Waals surface area (Å²) >= 11 is 0. The minimum atomic E-state index is -0.373. The molecule has 162 valence electrons. The molecular weight excluding hydrogens is 364 g/mol. The largest absolute Gasteiger partial charge is 0.494 e. The highest BCUT2D eigenvalue weighted by molar-refractivity contribution is 5.81. The Hall–Kier alpha value is -2.04. The number of amides is 2. The molecule has 2 amide bonds. The van der Waals surface area contributed by atoms with Crippen LogP contribution in [0.4, 0.5) is 0 Å². The summed E-state index contributed by atoms with van der Waals surface area (Å²) in [6, 6.07) is 8.20. The maximum absolute atomic E-state index is 12.6. The number of carbonyl (C=O) groups excluding carboxylic acids is 2. The Labute approximate surface area is 176 Å². The summed E-state index contributed by atoms with van der Waals surface area (Å²) in [4.78, 5) is 28.8. The van der Waals surface area contributed by atoms with Gasteiger partial charge in [0.2, 0.25) is 11.8 Å². The molecule has 0 radical (unpaired) electrons. The van der Waals surface area contributed by atoms with Crippen LogP contribution in [0.2, 0.25) is 0 Å². The molecule has 1 aliphatic heterocycles. The molecule has 0 unspecified atom stereocenters. The maximum atomic E-state index is 12.6.